The molecule has 1 aliphatic rings. The molecule has 0 saturated heterocycles. The van der Waals surface area contributed by atoms with E-state index in [4.69, 9.17) is 34.8 Å². The zero-order valence-electron chi connectivity index (χ0n) is 28.2. The van der Waals surface area contributed by atoms with E-state index in [2.05, 4.69) is 59.8 Å². The molecule has 1 atom stereocenters. The third kappa shape index (κ3) is 4.58. The van der Waals surface area contributed by atoms with Crippen molar-refractivity contribution in [1.82, 2.24) is 59.5 Å². The average Bonchev–Trinajstić information content (AvgIpc) is 4.04. The summed E-state index contributed by atoms with van der Waals surface area (Å²) >= 11 is 0. The Bertz CT molecular complexity index is 3070. The predicted octanol–water partition coefficient (Wildman–Crippen LogP) is 8.02. The SMILES string of the molecule is C1=COC(c2c(-c3cnccn3)cc3c(-c4ncccn4)c(-c4ncc5[nH]cnc5n4)c(-c4n[nH]c5ccccc45)n3c2-c2cc3ccccc3[nH]2)C=C1. The highest BCUT2D eigenvalue weighted by molar-refractivity contribution is 6.07. The molecule has 13 heteroatoms. The van der Waals surface area contributed by atoms with E-state index < -0.39 is 6.10 Å². The monoisotopic (exact) mass is 702 g/mol. The summed E-state index contributed by atoms with van der Waals surface area (Å²) in [5.41, 5.74) is 10.7. The number of nitrogens with one attached hydrogen (secondary N) is 3. The van der Waals surface area contributed by atoms with Crippen LogP contribution >= 0.6 is 0 Å². The second-order valence-corrected chi connectivity index (χ2v) is 12.8. The minimum absolute atomic E-state index is 0.435. The summed E-state index contributed by atoms with van der Waals surface area (Å²) in [4.78, 5) is 40.3. The molecule has 0 aliphatic carbocycles. The zero-order valence-corrected chi connectivity index (χ0v) is 28.2. The van der Waals surface area contributed by atoms with Gasteiger partial charge in [-0.05, 0) is 42.5 Å². The van der Waals surface area contributed by atoms with Gasteiger partial charge in [-0.2, -0.15) is 5.10 Å². The molecule has 3 N–H and O–H groups in total. The van der Waals surface area contributed by atoms with Crippen molar-refractivity contribution in [1.29, 1.82) is 0 Å². The number of ether oxygens (including phenoxy) is 1. The fraction of sp³-hybridized carbons (Fsp3) is 0.0244. The number of benzene rings is 2. The first kappa shape index (κ1) is 29.9. The maximum atomic E-state index is 6.43. The molecule has 0 bridgehead atoms. The van der Waals surface area contributed by atoms with Crippen LogP contribution in [0.5, 0.6) is 0 Å². The van der Waals surface area contributed by atoms with Gasteiger partial charge in [-0.15, -0.1) is 0 Å². The summed E-state index contributed by atoms with van der Waals surface area (Å²) in [7, 11) is 0. The van der Waals surface area contributed by atoms with Gasteiger partial charge in [-0.1, -0.05) is 42.5 Å². The van der Waals surface area contributed by atoms with E-state index in [1.54, 1.807) is 55.8 Å². The van der Waals surface area contributed by atoms with Crippen molar-refractivity contribution in [3.05, 3.63) is 140 Å². The van der Waals surface area contributed by atoms with Crippen molar-refractivity contribution in [3.8, 4) is 56.8 Å². The molecule has 11 rings (SSSR count). The lowest BCUT2D eigenvalue weighted by atomic mass is 9.94. The van der Waals surface area contributed by atoms with Crippen LogP contribution in [-0.4, -0.2) is 59.5 Å². The molecule has 0 spiro atoms. The van der Waals surface area contributed by atoms with E-state index in [0.29, 0.717) is 45.3 Å². The van der Waals surface area contributed by atoms with Crippen molar-refractivity contribution in [2.24, 2.45) is 0 Å². The van der Waals surface area contributed by atoms with Gasteiger partial charge >= 0.3 is 0 Å². The van der Waals surface area contributed by atoms with Crippen molar-refractivity contribution in [2.45, 2.75) is 6.10 Å². The number of rotatable bonds is 6. The molecule has 0 radical (unpaired) electrons. The third-order valence-corrected chi connectivity index (χ3v) is 9.75. The Morgan fingerprint density at radius 1 is 0.722 bits per heavy atom. The average molecular weight is 703 g/mol. The number of aromatic amines is 3. The first-order chi connectivity index (χ1) is 26.8. The predicted molar refractivity (Wildman–Crippen MR) is 205 cm³/mol. The molecule has 0 fully saturated rings. The highest BCUT2D eigenvalue weighted by Crippen LogP contribution is 2.50. The van der Waals surface area contributed by atoms with Gasteiger partial charge in [0.25, 0.3) is 0 Å². The minimum Gasteiger partial charge on any atom is -0.489 e. The Hall–Kier alpha value is -7.80. The van der Waals surface area contributed by atoms with Crippen LogP contribution in [0.15, 0.2) is 135 Å². The number of imidazole rings is 1. The summed E-state index contributed by atoms with van der Waals surface area (Å²) in [5.74, 6) is 0.920. The van der Waals surface area contributed by atoms with Crippen molar-refractivity contribution in [2.75, 3.05) is 0 Å². The van der Waals surface area contributed by atoms with Crippen LogP contribution in [0.2, 0.25) is 0 Å². The molecule has 8 aromatic heterocycles. The molecule has 13 nitrogen and oxygen atoms in total. The smallest absolute Gasteiger partial charge is 0.181 e. The molecule has 256 valence electrons. The number of hydrogen-bond acceptors (Lipinski definition) is 9. The van der Waals surface area contributed by atoms with Crippen LogP contribution in [0.4, 0.5) is 0 Å². The summed E-state index contributed by atoms with van der Waals surface area (Å²) in [6.07, 6.45) is 19.1. The molecule has 2 aromatic carbocycles. The lowest BCUT2D eigenvalue weighted by molar-refractivity contribution is 0.187. The van der Waals surface area contributed by atoms with E-state index >= 15 is 0 Å². The van der Waals surface area contributed by atoms with Crippen LogP contribution in [0.25, 0.3) is 95.3 Å². The van der Waals surface area contributed by atoms with Crippen molar-refractivity contribution < 1.29 is 4.74 Å². The van der Waals surface area contributed by atoms with Gasteiger partial charge in [-0.25, -0.2) is 24.9 Å². The largest absolute Gasteiger partial charge is 0.489 e. The number of H-pyrrole nitrogens is 3. The number of allylic oxidation sites excluding steroid dienone is 2. The normalized spacial score (nSPS) is 14.1. The lowest BCUT2D eigenvalue weighted by Crippen LogP contribution is -2.10. The van der Waals surface area contributed by atoms with Crippen LogP contribution in [0, 0.1) is 0 Å². The molecule has 0 amide bonds. The summed E-state index contributed by atoms with van der Waals surface area (Å²) in [5, 5.41) is 10.3. The van der Waals surface area contributed by atoms with Gasteiger partial charge in [0.1, 0.15) is 17.3 Å². The molecular formula is C41H26N12O. The molecule has 1 unspecified atom stereocenters. The highest BCUT2D eigenvalue weighted by atomic mass is 16.5. The van der Waals surface area contributed by atoms with Crippen molar-refractivity contribution in [3.63, 3.8) is 0 Å². The fourth-order valence-corrected chi connectivity index (χ4v) is 7.47. The maximum Gasteiger partial charge on any atom is 0.181 e. The molecule has 9 heterocycles. The number of fused-ring (bicyclic) bond motifs is 4. The lowest BCUT2D eigenvalue weighted by Gasteiger charge is -2.24. The van der Waals surface area contributed by atoms with Crippen LogP contribution in [0.1, 0.15) is 11.7 Å². The number of nitrogens with zero attached hydrogens (tertiary/aromatic N) is 9. The van der Waals surface area contributed by atoms with E-state index in [1.807, 2.05) is 48.6 Å². The van der Waals surface area contributed by atoms with Gasteiger partial charge in [0.15, 0.2) is 17.3 Å². The zero-order chi connectivity index (χ0) is 35.6. The minimum atomic E-state index is -0.500. The molecule has 1 aliphatic heterocycles. The second kappa shape index (κ2) is 11.9. The van der Waals surface area contributed by atoms with Gasteiger partial charge in [0.2, 0.25) is 0 Å². The Morgan fingerprint density at radius 3 is 2.46 bits per heavy atom. The quantitative estimate of drug-likeness (QED) is 0.156. The molecule has 0 saturated carbocycles. The van der Waals surface area contributed by atoms with E-state index in [9.17, 15) is 0 Å². The Balaban J connectivity index is 1.41. The Morgan fingerprint density at radius 2 is 1.61 bits per heavy atom. The van der Waals surface area contributed by atoms with Gasteiger partial charge in [-0.3, -0.25) is 15.1 Å². The third-order valence-electron chi connectivity index (χ3n) is 9.75. The highest BCUT2D eigenvalue weighted by Gasteiger charge is 2.34. The van der Waals surface area contributed by atoms with Gasteiger partial charge in [0.05, 0.1) is 69.9 Å². The molecule has 10 aromatic rings. The summed E-state index contributed by atoms with van der Waals surface area (Å²) < 4.78 is 8.65. The fourth-order valence-electron chi connectivity index (χ4n) is 7.47. The number of pyridine rings is 1. The van der Waals surface area contributed by atoms with Gasteiger partial charge in [0, 0.05) is 52.2 Å². The molecule has 54 heavy (non-hydrogen) atoms. The van der Waals surface area contributed by atoms with Crippen LogP contribution in [-0.2, 0) is 4.74 Å². The standard InChI is InChI=1S/C41H26N12O/c1-3-10-26-23(8-1)18-28(49-26)37-33(32-12-5-6-17-54-32)25(29-20-42-15-16-43-29)19-31-34(40-44-13-7-14-45-40)35(41-46-21-30-39(50-41)48-22-47-30)38(53(31)37)36-24-9-2-4-11-27(24)51-52-36/h1-22,32,49H,(H,51,52)(H,46,47,48,50). The van der Waals surface area contributed by atoms with Crippen molar-refractivity contribution >= 4 is 38.5 Å². The second-order valence-electron chi connectivity index (χ2n) is 12.8. The van der Waals surface area contributed by atoms with E-state index in [1.165, 1.54) is 0 Å². The Labute approximate surface area is 305 Å². The van der Waals surface area contributed by atoms with Gasteiger partial charge < -0.3 is 19.1 Å². The molecular weight excluding hydrogens is 677 g/mol. The number of para-hydroxylation sites is 2. The number of aromatic nitrogens is 12. The maximum absolute atomic E-state index is 6.43. The summed E-state index contributed by atoms with van der Waals surface area (Å²) in [6, 6.07) is 22.4. The van der Waals surface area contributed by atoms with E-state index in [0.717, 1.165) is 55.5 Å². The first-order valence-electron chi connectivity index (χ1n) is 17.3. The topological polar surface area (TPSA) is 164 Å². The number of hydrogen-bond donors (Lipinski definition) is 3. The summed E-state index contributed by atoms with van der Waals surface area (Å²) in [6.45, 7) is 0. The Kier molecular flexibility index (Phi) is 6.58. The van der Waals surface area contributed by atoms with Crippen LogP contribution in [0.3, 0.4) is 0 Å². The van der Waals surface area contributed by atoms with E-state index in [-0.39, 0.29) is 0 Å². The van der Waals surface area contributed by atoms with Crippen LogP contribution < -0.4 is 0 Å². The first-order valence-corrected chi connectivity index (χ1v) is 17.3.